The average molecular weight is 294 g/mol. The lowest BCUT2D eigenvalue weighted by Crippen LogP contribution is -2.23. The molecule has 0 aliphatic rings. The zero-order valence-corrected chi connectivity index (χ0v) is 11.5. The van der Waals surface area contributed by atoms with Crippen molar-refractivity contribution >= 4 is 0 Å². The van der Waals surface area contributed by atoms with Gasteiger partial charge >= 0.3 is 0 Å². The van der Waals surface area contributed by atoms with E-state index in [1.165, 1.54) is 13.2 Å². The van der Waals surface area contributed by atoms with Crippen LogP contribution in [0.5, 0.6) is 5.88 Å². The van der Waals surface area contributed by atoms with Gasteiger partial charge < -0.3 is 15.2 Å². The van der Waals surface area contributed by atoms with Crippen molar-refractivity contribution in [2.75, 3.05) is 13.7 Å². The number of pyridine rings is 1. The van der Waals surface area contributed by atoms with Gasteiger partial charge in [0.25, 0.3) is 0 Å². The van der Waals surface area contributed by atoms with Crippen LogP contribution in [0.1, 0.15) is 17.4 Å². The van der Waals surface area contributed by atoms with E-state index < -0.39 is 17.7 Å². The van der Waals surface area contributed by atoms with E-state index in [9.17, 15) is 13.9 Å². The van der Waals surface area contributed by atoms with Gasteiger partial charge in [-0.1, -0.05) is 12.1 Å². The van der Waals surface area contributed by atoms with Gasteiger partial charge in [-0.2, -0.15) is 0 Å². The van der Waals surface area contributed by atoms with Gasteiger partial charge in [0.1, 0.15) is 11.6 Å². The summed E-state index contributed by atoms with van der Waals surface area (Å²) in [6.07, 6.45) is -1.27. The molecule has 0 radical (unpaired) electrons. The molecular formula is C15H16F2N2O2. The van der Waals surface area contributed by atoms with Crippen molar-refractivity contribution in [2.45, 2.75) is 12.6 Å². The molecule has 1 heterocycles. The number of aliphatic hydroxyl groups is 1. The number of benzene rings is 1. The van der Waals surface area contributed by atoms with Crippen LogP contribution in [-0.2, 0) is 6.54 Å². The molecule has 1 aromatic heterocycles. The van der Waals surface area contributed by atoms with Crippen LogP contribution in [0.15, 0.2) is 36.4 Å². The van der Waals surface area contributed by atoms with Crippen LogP contribution in [-0.4, -0.2) is 23.7 Å². The Kier molecular flexibility index (Phi) is 5.19. The number of hydrogen-bond donors (Lipinski definition) is 2. The van der Waals surface area contributed by atoms with Crippen molar-refractivity contribution in [1.29, 1.82) is 0 Å². The molecule has 0 spiro atoms. The van der Waals surface area contributed by atoms with E-state index in [2.05, 4.69) is 10.3 Å². The minimum absolute atomic E-state index is 0.0107. The number of aliphatic hydroxyl groups excluding tert-OH is 1. The summed E-state index contributed by atoms with van der Waals surface area (Å²) in [4.78, 5) is 4.18. The van der Waals surface area contributed by atoms with E-state index in [1.54, 1.807) is 18.2 Å². The van der Waals surface area contributed by atoms with Crippen LogP contribution in [0.4, 0.5) is 8.78 Å². The van der Waals surface area contributed by atoms with Crippen molar-refractivity contribution < 1.29 is 18.6 Å². The number of nitrogens with one attached hydrogen (secondary N) is 1. The molecule has 0 amide bonds. The summed E-state index contributed by atoms with van der Waals surface area (Å²) < 4.78 is 32.0. The molecule has 1 atom stereocenters. The second-order valence-corrected chi connectivity index (χ2v) is 4.45. The largest absolute Gasteiger partial charge is 0.481 e. The Morgan fingerprint density at radius 2 is 1.86 bits per heavy atom. The summed E-state index contributed by atoms with van der Waals surface area (Å²) in [5.74, 6) is -1.04. The van der Waals surface area contributed by atoms with Crippen LogP contribution in [0.25, 0.3) is 0 Å². The van der Waals surface area contributed by atoms with Crippen molar-refractivity contribution in [3.05, 3.63) is 59.3 Å². The summed E-state index contributed by atoms with van der Waals surface area (Å²) in [6.45, 7) is 0.362. The predicted molar refractivity (Wildman–Crippen MR) is 73.8 cm³/mol. The fraction of sp³-hybridized carbons (Fsp3) is 0.267. The molecule has 4 nitrogen and oxygen atoms in total. The first-order valence-corrected chi connectivity index (χ1v) is 6.44. The average Bonchev–Trinajstić information content (AvgIpc) is 2.47. The Morgan fingerprint density at radius 1 is 1.19 bits per heavy atom. The molecule has 2 rings (SSSR count). The number of nitrogens with zero attached hydrogens (tertiary/aromatic N) is 1. The molecule has 0 aliphatic carbocycles. The Bertz CT molecular complexity index is 588. The zero-order chi connectivity index (χ0) is 15.2. The zero-order valence-electron chi connectivity index (χ0n) is 11.5. The number of rotatable bonds is 6. The number of ether oxygens (including phenoxy) is 1. The highest BCUT2D eigenvalue weighted by Crippen LogP contribution is 2.20. The molecule has 0 unspecified atom stereocenters. The summed E-state index contributed by atoms with van der Waals surface area (Å²) in [7, 11) is 1.52. The highest BCUT2D eigenvalue weighted by molar-refractivity contribution is 5.22. The van der Waals surface area contributed by atoms with Crippen molar-refractivity contribution in [1.82, 2.24) is 10.3 Å². The molecule has 2 aromatic rings. The number of halogens is 2. The predicted octanol–water partition coefficient (Wildman–Crippen LogP) is 2.19. The molecule has 6 heteroatoms. The smallest absolute Gasteiger partial charge is 0.213 e. The van der Waals surface area contributed by atoms with Crippen LogP contribution in [0.3, 0.4) is 0 Å². The van der Waals surface area contributed by atoms with Gasteiger partial charge in [0, 0.05) is 19.2 Å². The van der Waals surface area contributed by atoms with Crippen molar-refractivity contribution in [2.24, 2.45) is 0 Å². The Balaban J connectivity index is 1.93. The van der Waals surface area contributed by atoms with Crippen LogP contribution in [0.2, 0.25) is 0 Å². The van der Waals surface area contributed by atoms with E-state index in [-0.39, 0.29) is 12.1 Å². The standard InChI is InChI=1S/C15H16F2N2O2/c1-21-14-7-2-4-10(19-14)8-18-9-13(20)15-11(16)5-3-6-12(15)17/h2-7,13,18,20H,8-9H2,1H3/t13-/m1/s1. The van der Waals surface area contributed by atoms with E-state index in [0.717, 1.165) is 12.1 Å². The molecule has 21 heavy (non-hydrogen) atoms. The molecule has 112 valence electrons. The Labute approximate surface area is 121 Å². The molecule has 1 aromatic carbocycles. The van der Waals surface area contributed by atoms with Crippen molar-refractivity contribution in [3.8, 4) is 5.88 Å². The first kappa shape index (κ1) is 15.3. The maximum Gasteiger partial charge on any atom is 0.213 e. The first-order valence-electron chi connectivity index (χ1n) is 6.44. The summed E-state index contributed by atoms with van der Waals surface area (Å²) in [5.41, 5.74) is 0.374. The number of aromatic nitrogens is 1. The second-order valence-electron chi connectivity index (χ2n) is 4.45. The summed E-state index contributed by atoms with van der Waals surface area (Å²) >= 11 is 0. The number of hydrogen-bond acceptors (Lipinski definition) is 4. The molecule has 0 saturated heterocycles. The summed E-state index contributed by atoms with van der Waals surface area (Å²) in [5, 5.41) is 12.8. The highest BCUT2D eigenvalue weighted by atomic mass is 19.1. The lowest BCUT2D eigenvalue weighted by atomic mass is 10.1. The fourth-order valence-electron chi connectivity index (χ4n) is 1.94. The van der Waals surface area contributed by atoms with Gasteiger partial charge in [0.15, 0.2) is 0 Å². The van der Waals surface area contributed by atoms with Gasteiger partial charge in [-0.25, -0.2) is 13.8 Å². The minimum atomic E-state index is -1.27. The quantitative estimate of drug-likeness (QED) is 0.857. The van der Waals surface area contributed by atoms with Gasteiger partial charge in [0.05, 0.1) is 24.5 Å². The van der Waals surface area contributed by atoms with Crippen LogP contribution < -0.4 is 10.1 Å². The van der Waals surface area contributed by atoms with E-state index in [0.29, 0.717) is 18.1 Å². The minimum Gasteiger partial charge on any atom is -0.481 e. The SMILES string of the molecule is COc1cccc(CNC[C@@H](O)c2c(F)cccc2F)n1. The van der Waals surface area contributed by atoms with Gasteiger partial charge in [0.2, 0.25) is 5.88 Å². The van der Waals surface area contributed by atoms with E-state index >= 15 is 0 Å². The molecule has 0 bridgehead atoms. The second kappa shape index (κ2) is 7.10. The monoisotopic (exact) mass is 294 g/mol. The molecule has 0 saturated carbocycles. The number of methoxy groups -OCH3 is 1. The maximum atomic E-state index is 13.5. The lowest BCUT2D eigenvalue weighted by Gasteiger charge is -2.13. The van der Waals surface area contributed by atoms with Crippen molar-refractivity contribution in [3.63, 3.8) is 0 Å². The fourth-order valence-corrected chi connectivity index (χ4v) is 1.94. The third kappa shape index (κ3) is 3.96. The van der Waals surface area contributed by atoms with E-state index in [4.69, 9.17) is 4.74 Å². The van der Waals surface area contributed by atoms with Crippen LogP contribution in [0, 0.1) is 11.6 Å². The molecule has 0 fully saturated rings. The van der Waals surface area contributed by atoms with Gasteiger partial charge in [-0.15, -0.1) is 0 Å². The van der Waals surface area contributed by atoms with Gasteiger partial charge in [-0.3, -0.25) is 0 Å². The molecule has 2 N–H and O–H groups in total. The Hall–Kier alpha value is -2.05. The van der Waals surface area contributed by atoms with Gasteiger partial charge in [-0.05, 0) is 18.2 Å². The van der Waals surface area contributed by atoms with Crippen LogP contribution >= 0.6 is 0 Å². The first-order chi connectivity index (χ1) is 10.1. The summed E-state index contributed by atoms with van der Waals surface area (Å²) in [6, 6.07) is 8.78. The normalized spacial score (nSPS) is 12.2. The molecular weight excluding hydrogens is 278 g/mol. The third-order valence-electron chi connectivity index (χ3n) is 2.97. The van der Waals surface area contributed by atoms with E-state index in [1.807, 2.05) is 0 Å². The third-order valence-corrected chi connectivity index (χ3v) is 2.97. The highest BCUT2D eigenvalue weighted by Gasteiger charge is 2.17. The molecule has 0 aliphatic heterocycles. The maximum absolute atomic E-state index is 13.5. The Morgan fingerprint density at radius 3 is 2.52 bits per heavy atom. The lowest BCUT2D eigenvalue weighted by molar-refractivity contribution is 0.164. The topological polar surface area (TPSA) is 54.4 Å².